The van der Waals surface area contributed by atoms with Crippen molar-refractivity contribution in [2.45, 2.75) is 0 Å². The maximum Gasteiger partial charge on any atom is 0.257 e. The van der Waals surface area contributed by atoms with E-state index >= 15 is 0 Å². The van der Waals surface area contributed by atoms with Crippen molar-refractivity contribution in [2.75, 3.05) is 5.32 Å². The SMILES string of the molecule is O=Nc1sc(NC(=O)c2cc(Cl)nc(Cl)c2)nc1Cl. The Hall–Kier alpha value is -1.28. The number of hydrogen-bond acceptors (Lipinski definition) is 6. The number of hydrogen-bond donors (Lipinski definition) is 1. The minimum Gasteiger partial charge on any atom is -0.298 e. The molecule has 98 valence electrons. The van der Waals surface area contributed by atoms with Crippen LogP contribution in [0.4, 0.5) is 10.1 Å². The molecule has 2 rings (SSSR count). The quantitative estimate of drug-likeness (QED) is 0.673. The predicted octanol–water partition coefficient (Wildman–Crippen LogP) is 4.15. The van der Waals surface area contributed by atoms with Gasteiger partial charge in [0.15, 0.2) is 10.3 Å². The number of thiazole rings is 1. The van der Waals surface area contributed by atoms with Crippen molar-refractivity contribution in [3.63, 3.8) is 0 Å². The van der Waals surface area contributed by atoms with E-state index in [0.717, 1.165) is 11.3 Å². The van der Waals surface area contributed by atoms with Gasteiger partial charge in [-0.3, -0.25) is 10.1 Å². The average Bonchev–Trinajstić information content (AvgIpc) is 2.68. The number of halogens is 3. The summed E-state index contributed by atoms with van der Waals surface area (Å²) in [5, 5.41) is 5.36. The number of rotatable bonds is 3. The number of anilines is 1. The van der Waals surface area contributed by atoms with Gasteiger partial charge in [-0.2, -0.15) is 0 Å². The zero-order chi connectivity index (χ0) is 14.0. The van der Waals surface area contributed by atoms with Crippen LogP contribution in [-0.2, 0) is 0 Å². The van der Waals surface area contributed by atoms with Crippen molar-refractivity contribution < 1.29 is 4.79 Å². The number of carbonyl (C=O) groups excluding carboxylic acids is 1. The number of nitroso groups, excluding NO2 is 1. The first-order valence-corrected chi connectivity index (χ1v) is 6.59. The largest absolute Gasteiger partial charge is 0.298 e. The molecule has 0 saturated heterocycles. The van der Waals surface area contributed by atoms with E-state index in [2.05, 4.69) is 20.5 Å². The highest BCUT2D eigenvalue weighted by Gasteiger charge is 2.14. The lowest BCUT2D eigenvalue weighted by molar-refractivity contribution is 0.102. The Balaban J connectivity index is 2.22. The molecule has 0 aliphatic heterocycles. The van der Waals surface area contributed by atoms with Crippen LogP contribution in [0.1, 0.15) is 10.4 Å². The molecule has 10 heteroatoms. The molecule has 0 spiro atoms. The zero-order valence-corrected chi connectivity index (χ0v) is 11.9. The van der Waals surface area contributed by atoms with E-state index in [4.69, 9.17) is 34.8 Å². The van der Waals surface area contributed by atoms with Gasteiger partial charge in [-0.1, -0.05) is 46.1 Å². The predicted molar refractivity (Wildman–Crippen MR) is 74.8 cm³/mol. The van der Waals surface area contributed by atoms with Gasteiger partial charge in [0.1, 0.15) is 10.3 Å². The van der Waals surface area contributed by atoms with E-state index in [-0.39, 0.29) is 31.2 Å². The Morgan fingerprint density at radius 1 is 1.21 bits per heavy atom. The molecule has 0 aliphatic carbocycles. The monoisotopic (exact) mass is 336 g/mol. The molecule has 0 unspecified atom stereocenters. The van der Waals surface area contributed by atoms with E-state index in [0.29, 0.717) is 0 Å². The summed E-state index contributed by atoms with van der Waals surface area (Å²) in [6.45, 7) is 0. The van der Waals surface area contributed by atoms with Crippen LogP contribution < -0.4 is 5.32 Å². The van der Waals surface area contributed by atoms with Crippen LogP contribution in [0.25, 0.3) is 0 Å². The topological polar surface area (TPSA) is 84.3 Å². The Labute approximate surface area is 125 Å². The van der Waals surface area contributed by atoms with Crippen molar-refractivity contribution in [1.82, 2.24) is 9.97 Å². The molecule has 6 nitrogen and oxygen atoms in total. The molecule has 2 aromatic rings. The fraction of sp³-hybridized carbons (Fsp3) is 0. The van der Waals surface area contributed by atoms with E-state index < -0.39 is 5.91 Å². The molecule has 1 amide bonds. The van der Waals surface area contributed by atoms with Gasteiger partial charge in [0.05, 0.1) is 0 Å². The third-order valence-corrected chi connectivity index (χ3v) is 3.51. The fourth-order valence-corrected chi connectivity index (χ4v) is 2.54. The molecule has 0 saturated carbocycles. The second-order valence-electron chi connectivity index (χ2n) is 3.16. The Bertz CT molecular complexity index is 641. The lowest BCUT2D eigenvalue weighted by atomic mass is 10.2. The molecule has 0 atom stereocenters. The molecule has 19 heavy (non-hydrogen) atoms. The van der Waals surface area contributed by atoms with Crippen LogP contribution >= 0.6 is 46.1 Å². The molecule has 1 N–H and O–H groups in total. The van der Waals surface area contributed by atoms with E-state index in [1.165, 1.54) is 12.1 Å². The second kappa shape index (κ2) is 5.79. The van der Waals surface area contributed by atoms with Gasteiger partial charge in [0, 0.05) is 5.56 Å². The third-order valence-electron chi connectivity index (χ3n) is 1.90. The summed E-state index contributed by atoms with van der Waals surface area (Å²) in [5.74, 6) is -0.505. The molecule has 0 aromatic carbocycles. The summed E-state index contributed by atoms with van der Waals surface area (Å²) in [6, 6.07) is 2.69. The van der Waals surface area contributed by atoms with Gasteiger partial charge >= 0.3 is 0 Å². The highest BCUT2D eigenvalue weighted by molar-refractivity contribution is 7.20. The number of carbonyl (C=O) groups is 1. The lowest BCUT2D eigenvalue weighted by Crippen LogP contribution is -2.11. The molecule has 2 aromatic heterocycles. The van der Waals surface area contributed by atoms with Gasteiger partial charge in [0.2, 0.25) is 5.00 Å². The third kappa shape index (κ3) is 3.38. The maximum atomic E-state index is 11.9. The number of nitrogens with zero attached hydrogens (tertiary/aromatic N) is 3. The summed E-state index contributed by atoms with van der Waals surface area (Å²) in [5.41, 5.74) is 0.205. The summed E-state index contributed by atoms with van der Waals surface area (Å²) in [6.07, 6.45) is 0. The van der Waals surface area contributed by atoms with Crippen LogP contribution in [0, 0.1) is 4.91 Å². The minimum atomic E-state index is -0.505. The van der Waals surface area contributed by atoms with Gasteiger partial charge in [-0.25, -0.2) is 9.97 Å². The summed E-state index contributed by atoms with van der Waals surface area (Å²) >= 11 is 17.8. The van der Waals surface area contributed by atoms with Crippen molar-refractivity contribution in [3.8, 4) is 0 Å². The average molecular weight is 338 g/mol. The lowest BCUT2D eigenvalue weighted by Gasteiger charge is -2.02. The van der Waals surface area contributed by atoms with Gasteiger partial charge < -0.3 is 0 Å². The van der Waals surface area contributed by atoms with Crippen molar-refractivity contribution in [2.24, 2.45) is 5.18 Å². The molecule has 0 aliphatic rings. The van der Waals surface area contributed by atoms with Crippen molar-refractivity contribution in [3.05, 3.63) is 38.1 Å². The number of pyridine rings is 1. The summed E-state index contributed by atoms with van der Waals surface area (Å²) in [7, 11) is 0. The summed E-state index contributed by atoms with van der Waals surface area (Å²) < 4.78 is 0. The maximum absolute atomic E-state index is 11.9. The molecular formula is C9H3Cl3N4O2S. The first-order valence-electron chi connectivity index (χ1n) is 4.63. The Morgan fingerprint density at radius 2 is 1.84 bits per heavy atom. The van der Waals surface area contributed by atoms with Crippen LogP contribution in [0.5, 0.6) is 0 Å². The van der Waals surface area contributed by atoms with Gasteiger partial charge in [0.25, 0.3) is 5.91 Å². The van der Waals surface area contributed by atoms with Crippen LogP contribution in [0.3, 0.4) is 0 Å². The molecule has 0 bridgehead atoms. The number of nitrogens with one attached hydrogen (secondary N) is 1. The van der Waals surface area contributed by atoms with E-state index in [9.17, 15) is 9.70 Å². The van der Waals surface area contributed by atoms with Crippen LogP contribution in [-0.4, -0.2) is 15.9 Å². The van der Waals surface area contributed by atoms with Crippen molar-refractivity contribution >= 4 is 62.2 Å². The normalized spacial score (nSPS) is 10.3. The van der Waals surface area contributed by atoms with Crippen molar-refractivity contribution in [1.29, 1.82) is 0 Å². The number of amides is 1. The number of aromatic nitrogens is 2. The van der Waals surface area contributed by atoms with Gasteiger partial charge in [-0.15, -0.1) is 4.91 Å². The fourth-order valence-electron chi connectivity index (χ4n) is 1.17. The standard InChI is InChI=1S/C9H3Cl3N4O2S/c10-4-1-3(2-5(11)13-4)7(17)15-9-14-6(12)8(16-18)19-9/h1-2H,(H,14,15,17). The molecular weight excluding hydrogens is 335 g/mol. The highest BCUT2D eigenvalue weighted by Crippen LogP contribution is 2.34. The minimum absolute atomic E-state index is 0.0113. The van der Waals surface area contributed by atoms with E-state index in [1.54, 1.807) is 0 Å². The zero-order valence-electron chi connectivity index (χ0n) is 8.85. The Kier molecular flexibility index (Phi) is 4.31. The Morgan fingerprint density at radius 3 is 2.37 bits per heavy atom. The van der Waals surface area contributed by atoms with Crippen LogP contribution in [0.15, 0.2) is 17.3 Å². The molecule has 0 radical (unpaired) electrons. The molecule has 0 fully saturated rings. The van der Waals surface area contributed by atoms with Crippen LogP contribution in [0.2, 0.25) is 15.5 Å². The van der Waals surface area contributed by atoms with E-state index in [1.807, 2.05) is 0 Å². The smallest absolute Gasteiger partial charge is 0.257 e. The summed E-state index contributed by atoms with van der Waals surface area (Å²) in [4.78, 5) is 29.7. The second-order valence-corrected chi connectivity index (χ2v) is 5.27. The first kappa shape index (κ1) is 14.1. The highest BCUT2D eigenvalue weighted by atomic mass is 35.5. The first-order chi connectivity index (χ1) is 8.99. The molecule has 2 heterocycles. The van der Waals surface area contributed by atoms with Gasteiger partial charge in [-0.05, 0) is 17.3 Å².